The number of carbonyl (C=O) groups excluding carboxylic acids is 1. The van der Waals surface area contributed by atoms with Gasteiger partial charge in [-0.2, -0.15) is 0 Å². The number of hydrogen-bond acceptors (Lipinski definition) is 10. The number of hydrogen-bond donors (Lipinski definition) is 2. The van der Waals surface area contributed by atoms with Gasteiger partial charge in [-0.25, -0.2) is 4.98 Å². The van der Waals surface area contributed by atoms with E-state index in [1.165, 1.54) is 0 Å². The summed E-state index contributed by atoms with van der Waals surface area (Å²) in [5.41, 5.74) is 1.25. The van der Waals surface area contributed by atoms with Gasteiger partial charge in [0.05, 0.1) is 31.9 Å². The lowest BCUT2D eigenvalue weighted by Gasteiger charge is -2.33. The van der Waals surface area contributed by atoms with Crippen LogP contribution >= 0.6 is 0 Å². The molecule has 0 saturated carbocycles. The monoisotopic (exact) mass is 501 g/mol. The minimum Gasteiger partial charge on any atom is -0.511 e. The minimum atomic E-state index is -0.0974. The number of β-amino-alcohol motifs (C(OH)–C–C–N with tert-alkyl or cyclic N) is 1. The van der Waals surface area contributed by atoms with Gasteiger partial charge in [0.25, 0.3) is 0 Å². The van der Waals surface area contributed by atoms with Crippen molar-refractivity contribution < 1.29 is 24.5 Å². The number of rotatable bonds is 11. The second kappa shape index (κ2) is 13.8. The van der Waals surface area contributed by atoms with Crippen LogP contribution in [0.3, 0.4) is 0 Å². The molecule has 198 valence electrons. The van der Waals surface area contributed by atoms with E-state index in [0.29, 0.717) is 37.4 Å². The van der Waals surface area contributed by atoms with Crippen LogP contribution in [0.4, 0.5) is 0 Å². The van der Waals surface area contributed by atoms with Crippen molar-refractivity contribution in [1.29, 1.82) is 0 Å². The van der Waals surface area contributed by atoms with E-state index >= 15 is 0 Å². The minimum absolute atomic E-state index is 0.0871. The zero-order valence-corrected chi connectivity index (χ0v) is 21.1. The van der Waals surface area contributed by atoms with Crippen LogP contribution in [0.15, 0.2) is 34.7 Å². The van der Waals surface area contributed by atoms with E-state index in [4.69, 9.17) is 14.6 Å². The summed E-state index contributed by atoms with van der Waals surface area (Å²) < 4.78 is 11.1. The molecule has 3 aliphatic rings. The highest BCUT2D eigenvalue weighted by molar-refractivity contribution is 6.14. The quantitative estimate of drug-likeness (QED) is 0.424. The number of Topliss-reactive ketones (excluding diaryl/α,β-unsaturated/α-hetero) is 1. The lowest BCUT2D eigenvalue weighted by molar-refractivity contribution is -0.116. The van der Waals surface area contributed by atoms with E-state index in [2.05, 4.69) is 24.7 Å². The summed E-state index contributed by atoms with van der Waals surface area (Å²) in [7, 11) is 0. The number of aliphatic hydroxyl groups excluding tert-OH is 2. The number of ether oxygens (including phenoxy) is 2. The highest BCUT2D eigenvalue weighted by Crippen LogP contribution is 2.33. The molecule has 10 heteroatoms. The van der Waals surface area contributed by atoms with Crippen LogP contribution in [0, 0.1) is 0 Å². The third kappa shape index (κ3) is 7.81. The first-order valence-electron chi connectivity index (χ1n) is 13.0. The van der Waals surface area contributed by atoms with Crippen molar-refractivity contribution in [2.75, 3.05) is 91.9 Å². The largest absolute Gasteiger partial charge is 0.511 e. The number of aliphatic hydroxyl groups is 2. The van der Waals surface area contributed by atoms with Crippen LogP contribution < -0.4 is 4.74 Å². The molecule has 3 heterocycles. The van der Waals surface area contributed by atoms with E-state index in [1.807, 2.05) is 12.1 Å². The number of ketones is 1. The molecule has 1 aliphatic carbocycles. The maximum absolute atomic E-state index is 12.7. The van der Waals surface area contributed by atoms with Gasteiger partial charge < -0.3 is 19.7 Å². The molecule has 36 heavy (non-hydrogen) atoms. The summed E-state index contributed by atoms with van der Waals surface area (Å²) >= 11 is 0. The predicted molar refractivity (Wildman–Crippen MR) is 137 cm³/mol. The van der Waals surface area contributed by atoms with E-state index in [1.54, 1.807) is 12.4 Å². The van der Waals surface area contributed by atoms with Crippen molar-refractivity contribution in [1.82, 2.24) is 19.7 Å². The van der Waals surface area contributed by atoms with Crippen LogP contribution in [0.25, 0.3) is 0 Å². The highest BCUT2D eigenvalue weighted by Gasteiger charge is 2.28. The first kappa shape index (κ1) is 26.7. The van der Waals surface area contributed by atoms with Gasteiger partial charge in [-0.3, -0.25) is 24.5 Å². The molecule has 1 aromatic rings. The molecule has 1 unspecified atom stereocenters. The zero-order chi connectivity index (χ0) is 25.2. The fourth-order valence-corrected chi connectivity index (χ4v) is 4.85. The van der Waals surface area contributed by atoms with Gasteiger partial charge in [0.1, 0.15) is 12.4 Å². The van der Waals surface area contributed by atoms with Crippen molar-refractivity contribution in [2.45, 2.75) is 18.8 Å². The molecule has 0 amide bonds. The summed E-state index contributed by atoms with van der Waals surface area (Å²) in [6.45, 7) is 11.0. The Morgan fingerprint density at radius 3 is 2.42 bits per heavy atom. The van der Waals surface area contributed by atoms with E-state index in [-0.39, 0.29) is 24.1 Å². The summed E-state index contributed by atoms with van der Waals surface area (Å²) in [6.07, 6.45) is 4.02. The van der Waals surface area contributed by atoms with Crippen LogP contribution in [0.1, 0.15) is 24.3 Å². The average molecular weight is 502 g/mol. The van der Waals surface area contributed by atoms with Gasteiger partial charge in [0, 0.05) is 90.2 Å². The Morgan fingerprint density at radius 1 is 1.03 bits per heavy atom. The Morgan fingerprint density at radius 2 is 1.75 bits per heavy atom. The Kier molecular flexibility index (Phi) is 10.2. The van der Waals surface area contributed by atoms with Crippen LogP contribution in [-0.4, -0.2) is 134 Å². The molecule has 0 bridgehead atoms. The summed E-state index contributed by atoms with van der Waals surface area (Å²) in [5.74, 6) is 0.482. The number of nitrogens with zero attached hydrogens (tertiary/aromatic N) is 5. The number of pyridine rings is 1. The highest BCUT2D eigenvalue weighted by atomic mass is 16.5. The molecule has 1 atom stereocenters. The third-order valence-corrected chi connectivity index (χ3v) is 7.12. The Hall–Kier alpha value is -2.37. The number of allylic oxidation sites excluding steroid dienone is 2. The van der Waals surface area contributed by atoms with Crippen molar-refractivity contribution in [3.05, 3.63) is 35.2 Å². The number of carbonyl (C=O) groups is 1. The second-order valence-corrected chi connectivity index (χ2v) is 9.56. The fraction of sp³-hybridized carbons (Fsp3) is 0.654. The Labute approximate surface area is 213 Å². The van der Waals surface area contributed by atoms with E-state index < -0.39 is 0 Å². The molecule has 2 saturated heterocycles. The molecule has 4 rings (SSSR count). The fourth-order valence-electron chi connectivity index (χ4n) is 4.85. The van der Waals surface area contributed by atoms with Gasteiger partial charge in [-0.1, -0.05) is 6.07 Å². The molecule has 2 fully saturated rings. The maximum Gasteiger partial charge on any atom is 0.213 e. The SMILES string of the molecule is O=C1CC(c2ccc(OCCN3CCOCC3)nc2)CC(O)=C1C=NCCN1CCN(CCO)CC1. The Balaban J connectivity index is 1.21. The smallest absolute Gasteiger partial charge is 0.213 e. The predicted octanol–water partition coefficient (Wildman–Crippen LogP) is 0.732. The maximum atomic E-state index is 12.7. The molecule has 0 radical (unpaired) electrons. The number of aromatic nitrogens is 1. The van der Waals surface area contributed by atoms with Gasteiger partial charge in [-0.15, -0.1) is 0 Å². The van der Waals surface area contributed by atoms with Crippen molar-refractivity contribution >= 4 is 12.0 Å². The summed E-state index contributed by atoms with van der Waals surface area (Å²) in [5, 5.41) is 19.6. The average Bonchev–Trinajstić information content (AvgIpc) is 2.90. The van der Waals surface area contributed by atoms with Gasteiger partial charge in [-0.05, 0) is 11.5 Å². The van der Waals surface area contributed by atoms with Gasteiger partial charge in [0.15, 0.2) is 5.78 Å². The van der Waals surface area contributed by atoms with Crippen molar-refractivity contribution in [3.63, 3.8) is 0 Å². The van der Waals surface area contributed by atoms with Crippen molar-refractivity contribution in [3.8, 4) is 5.88 Å². The molecule has 0 aromatic carbocycles. The van der Waals surface area contributed by atoms with E-state index in [9.17, 15) is 9.90 Å². The van der Waals surface area contributed by atoms with Crippen LogP contribution in [0.5, 0.6) is 5.88 Å². The van der Waals surface area contributed by atoms with E-state index in [0.717, 1.165) is 77.7 Å². The first-order chi connectivity index (χ1) is 17.6. The Bertz CT molecular complexity index is 892. The topological polar surface area (TPSA) is 111 Å². The zero-order valence-electron chi connectivity index (χ0n) is 21.1. The molecule has 10 nitrogen and oxygen atoms in total. The molecule has 0 spiro atoms. The molecule has 1 aromatic heterocycles. The standard InChI is InChI=1S/C26H39N5O5/c32-13-9-30-7-5-29(6-8-30)4-3-27-20-23-24(33)17-22(18-25(23)34)21-1-2-26(28-19-21)36-16-12-31-10-14-35-15-11-31/h1-2,19-20,22,32-33H,3-18H2. The number of aliphatic imine (C=N–C) groups is 1. The lowest BCUT2D eigenvalue weighted by atomic mass is 9.83. The van der Waals surface area contributed by atoms with Gasteiger partial charge >= 0.3 is 0 Å². The molecular weight excluding hydrogens is 462 g/mol. The normalized spacial score (nSPS) is 23.0. The molecule has 2 aliphatic heterocycles. The summed E-state index contributed by atoms with van der Waals surface area (Å²) in [6, 6.07) is 3.77. The van der Waals surface area contributed by atoms with Gasteiger partial charge in [0.2, 0.25) is 5.88 Å². The lowest BCUT2D eigenvalue weighted by Crippen LogP contribution is -2.47. The van der Waals surface area contributed by atoms with Crippen LogP contribution in [0.2, 0.25) is 0 Å². The molecular formula is C26H39N5O5. The third-order valence-electron chi connectivity index (χ3n) is 7.12. The van der Waals surface area contributed by atoms with Crippen LogP contribution in [-0.2, 0) is 9.53 Å². The molecule has 2 N–H and O–H groups in total. The summed E-state index contributed by atoms with van der Waals surface area (Å²) in [4.78, 5) is 28.5. The number of morpholine rings is 1. The second-order valence-electron chi connectivity index (χ2n) is 9.56. The van der Waals surface area contributed by atoms with Crippen molar-refractivity contribution in [2.24, 2.45) is 4.99 Å². The number of piperazine rings is 1. The first-order valence-corrected chi connectivity index (χ1v) is 13.0.